The molecule has 3 rings (SSSR count). The number of carbonyl (C=O) groups is 1. The smallest absolute Gasteiger partial charge is 0.263 e. The first-order valence-corrected chi connectivity index (χ1v) is 7.52. The topological polar surface area (TPSA) is 81.3 Å². The van der Waals surface area contributed by atoms with Crippen LogP contribution in [0.5, 0.6) is 11.5 Å². The Labute approximate surface area is 142 Å². The van der Waals surface area contributed by atoms with Crippen LogP contribution in [0.4, 0.5) is 0 Å². The molecule has 7 heteroatoms. The Kier molecular flexibility index (Phi) is 4.04. The van der Waals surface area contributed by atoms with Crippen LogP contribution in [0.2, 0.25) is 5.02 Å². The van der Waals surface area contributed by atoms with Gasteiger partial charge in [-0.15, -0.1) is 0 Å². The molecule has 0 spiro atoms. The lowest BCUT2D eigenvalue weighted by Gasteiger charge is -2.25. The van der Waals surface area contributed by atoms with E-state index in [4.69, 9.17) is 21.1 Å². The summed E-state index contributed by atoms with van der Waals surface area (Å²) in [5.41, 5.74) is 1.41. The number of benzene rings is 1. The van der Waals surface area contributed by atoms with Gasteiger partial charge in [-0.2, -0.15) is 5.26 Å². The molecule has 0 bridgehead atoms. The number of aldehydes is 1. The molecule has 2 aromatic rings. The maximum atomic E-state index is 12.5. The molecular weight excluding hydrogens is 332 g/mol. The van der Waals surface area contributed by atoms with E-state index in [9.17, 15) is 14.9 Å². The number of ether oxygens (including phenoxy) is 2. The van der Waals surface area contributed by atoms with Crippen LogP contribution < -0.4 is 15.0 Å². The third-order valence-corrected chi connectivity index (χ3v) is 4.53. The first-order valence-electron chi connectivity index (χ1n) is 7.14. The third-order valence-electron chi connectivity index (χ3n) is 4.14. The molecule has 1 aromatic heterocycles. The average Bonchev–Trinajstić information content (AvgIpc) is 2.61. The molecule has 1 aliphatic heterocycles. The number of rotatable bonds is 3. The number of hydrogen-bond acceptors (Lipinski definition) is 5. The molecule has 0 saturated carbocycles. The van der Waals surface area contributed by atoms with Crippen molar-refractivity contribution >= 4 is 17.9 Å². The quantitative estimate of drug-likeness (QED) is 0.799. The summed E-state index contributed by atoms with van der Waals surface area (Å²) in [6.07, 6.45) is 0.955. The number of pyridine rings is 1. The van der Waals surface area contributed by atoms with E-state index in [-0.39, 0.29) is 16.1 Å². The predicted molar refractivity (Wildman–Crippen MR) is 88.1 cm³/mol. The Morgan fingerprint density at radius 2 is 1.96 bits per heavy atom. The Morgan fingerprint density at radius 3 is 2.54 bits per heavy atom. The van der Waals surface area contributed by atoms with Gasteiger partial charge in [0.25, 0.3) is 5.56 Å². The van der Waals surface area contributed by atoms with Crippen LogP contribution in [0.15, 0.2) is 16.9 Å². The van der Waals surface area contributed by atoms with E-state index in [1.165, 1.54) is 11.7 Å². The van der Waals surface area contributed by atoms with Gasteiger partial charge in [0.05, 0.1) is 36.1 Å². The molecule has 0 atom stereocenters. The van der Waals surface area contributed by atoms with Gasteiger partial charge in [0.15, 0.2) is 17.8 Å². The first kappa shape index (κ1) is 16.1. The Balaban J connectivity index is 2.43. The van der Waals surface area contributed by atoms with Crippen molar-refractivity contribution in [2.45, 2.75) is 13.0 Å². The molecule has 0 saturated heterocycles. The van der Waals surface area contributed by atoms with E-state index in [0.717, 1.165) is 5.56 Å². The summed E-state index contributed by atoms with van der Waals surface area (Å²) in [5.74, 6) is 1.05. The number of nitrogens with zero attached hydrogens (tertiary/aromatic N) is 2. The highest BCUT2D eigenvalue weighted by Gasteiger charge is 2.27. The van der Waals surface area contributed by atoms with Crippen molar-refractivity contribution in [2.24, 2.45) is 0 Å². The molecule has 6 nitrogen and oxygen atoms in total. The largest absolute Gasteiger partial charge is 0.493 e. The molecule has 0 amide bonds. The number of aryl methyl sites for hydroxylation is 1. The molecule has 0 N–H and O–H groups in total. The van der Waals surface area contributed by atoms with Crippen molar-refractivity contribution in [3.8, 4) is 28.8 Å². The van der Waals surface area contributed by atoms with Crippen LogP contribution in [-0.2, 0) is 13.0 Å². The molecule has 122 valence electrons. The van der Waals surface area contributed by atoms with Crippen LogP contribution in [0.25, 0.3) is 11.3 Å². The minimum atomic E-state index is -0.496. The Bertz CT molecular complexity index is 957. The number of fused-ring (bicyclic) bond motifs is 3. The van der Waals surface area contributed by atoms with Gasteiger partial charge in [-0.25, -0.2) is 0 Å². The second kappa shape index (κ2) is 6.02. The predicted octanol–water partition coefficient (Wildman–Crippen LogP) is 2.43. The lowest BCUT2D eigenvalue weighted by atomic mass is 9.93. The van der Waals surface area contributed by atoms with E-state index in [1.807, 2.05) is 12.1 Å². The second-order valence-electron chi connectivity index (χ2n) is 5.25. The van der Waals surface area contributed by atoms with Crippen LogP contribution in [0.3, 0.4) is 0 Å². The second-order valence-corrected chi connectivity index (χ2v) is 5.63. The molecular formula is C17H13ClN2O4. The van der Waals surface area contributed by atoms with E-state index in [2.05, 4.69) is 0 Å². The summed E-state index contributed by atoms with van der Waals surface area (Å²) in [6, 6.07) is 5.55. The fourth-order valence-electron chi connectivity index (χ4n) is 2.99. The van der Waals surface area contributed by atoms with Gasteiger partial charge < -0.3 is 14.0 Å². The van der Waals surface area contributed by atoms with Crippen molar-refractivity contribution in [1.29, 1.82) is 5.26 Å². The van der Waals surface area contributed by atoms with Crippen molar-refractivity contribution in [3.05, 3.63) is 44.2 Å². The highest BCUT2D eigenvalue weighted by molar-refractivity contribution is 6.34. The number of carbonyl (C=O) groups excluding carboxylic acids is 1. The normalized spacial score (nSPS) is 11.9. The number of aromatic nitrogens is 1. The first-order chi connectivity index (χ1) is 11.6. The molecule has 0 aliphatic carbocycles. The molecule has 1 aromatic carbocycles. The lowest BCUT2D eigenvalue weighted by molar-refractivity contribution is 0.112. The average molecular weight is 345 g/mol. The number of hydrogen-bond donors (Lipinski definition) is 0. The SMILES string of the molecule is COc1cc2c(cc1OC)-c1c(C#N)c(Cl)c(C=O)c(=O)n1CC2. The van der Waals surface area contributed by atoms with Crippen LogP contribution in [0.1, 0.15) is 21.5 Å². The van der Waals surface area contributed by atoms with Crippen LogP contribution in [-0.4, -0.2) is 25.1 Å². The fourth-order valence-corrected chi connectivity index (χ4v) is 3.25. The summed E-state index contributed by atoms with van der Waals surface area (Å²) in [5, 5.41) is 9.40. The van der Waals surface area contributed by atoms with E-state index >= 15 is 0 Å². The summed E-state index contributed by atoms with van der Waals surface area (Å²) in [6.45, 7) is 0.351. The summed E-state index contributed by atoms with van der Waals surface area (Å²) in [4.78, 5) is 23.7. The van der Waals surface area contributed by atoms with Gasteiger partial charge in [0.1, 0.15) is 6.07 Å². The van der Waals surface area contributed by atoms with Gasteiger partial charge in [-0.3, -0.25) is 9.59 Å². The number of nitriles is 1. The van der Waals surface area contributed by atoms with Gasteiger partial charge >= 0.3 is 0 Å². The minimum Gasteiger partial charge on any atom is -0.493 e. The van der Waals surface area contributed by atoms with Gasteiger partial charge in [0, 0.05) is 12.1 Å². The van der Waals surface area contributed by atoms with Crippen molar-refractivity contribution in [2.75, 3.05) is 14.2 Å². The highest BCUT2D eigenvalue weighted by Crippen LogP contribution is 2.40. The summed E-state index contributed by atoms with van der Waals surface area (Å²) >= 11 is 6.13. The third kappa shape index (κ3) is 2.17. The van der Waals surface area contributed by atoms with E-state index in [0.29, 0.717) is 42.0 Å². The highest BCUT2D eigenvalue weighted by atomic mass is 35.5. The minimum absolute atomic E-state index is 0.103. The van der Waals surface area contributed by atoms with Crippen LogP contribution >= 0.6 is 11.6 Å². The molecule has 0 unspecified atom stereocenters. The molecule has 0 radical (unpaired) electrons. The number of halogens is 1. The van der Waals surface area contributed by atoms with Crippen molar-refractivity contribution < 1.29 is 14.3 Å². The van der Waals surface area contributed by atoms with E-state index in [1.54, 1.807) is 13.2 Å². The molecule has 2 heterocycles. The van der Waals surface area contributed by atoms with Crippen LogP contribution in [0, 0.1) is 11.3 Å². The van der Waals surface area contributed by atoms with Crippen molar-refractivity contribution in [1.82, 2.24) is 4.57 Å². The maximum absolute atomic E-state index is 12.5. The molecule has 1 aliphatic rings. The standard InChI is InChI=1S/C17H13ClN2O4/c1-23-13-5-9-3-4-20-16(10(9)6-14(13)24-2)11(7-19)15(18)12(8-21)17(20)22/h5-6,8H,3-4H2,1-2H3. The van der Waals surface area contributed by atoms with Crippen molar-refractivity contribution in [3.63, 3.8) is 0 Å². The lowest BCUT2D eigenvalue weighted by Crippen LogP contribution is -2.30. The Hall–Kier alpha value is -2.78. The molecule has 24 heavy (non-hydrogen) atoms. The zero-order chi connectivity index (χ0) is 17.4. The van der Waals surface area contributed by atoms with Gasteiger partial charge in [-0.1, -0.05) is 11.6 Å². The maximum Gasteiger partial charge on any atom is 0.263 e. The monoisotopic (exact) mass is 344 g/mol. The zero-order valence-corrected chi connectivity index (χ0v) is 13.8. The Morgan fingerprint density at radius 1 is 1.29 bits per heavy atom. The zero-order valence-electron chi connectivity index (χ0n) is 13.1. The van der Waals surface area contributed by atoms with E-state index < -0.39 is 5.56 Å². The summed E-state index contributed by atoms with van der Waals surface area (Å²) < 4.78 is 12.0. The van der Waals surface area contributed by atoms with Gasteiger partial charge in [0.2, 0.25) is 0 Å². The fraction of sp³-hybridized carbons (Fsp3) is 0.235. The number of methoxy groups -OCH3 is 2. The summed E-state index contributed by atoms with van der Waals surface area (Å²) in [7, 11) is 3.05. The van der Waals surface area contributed by atoms with Gasteiger partial charge in [-0.05, 0) is 24.1 Å². The molecule has 0 fully saturated rings.